The summed E-state index contributed by atoms with van der Waals surface area (Å²) >= 11 is 0. The Morgan fingerprint density at radius 1 is 1.00 bits per heavy atom. The second kappa shape index (κ2) is 8.90. The number of halogens is 1. The van der Waals surface area contributed by atoms with Crippen molar-refractivity contribution in [2.45, 2.75) is 13.3 Å². The number of ketones is 1. The van der Waals surface area contributed by atoms with Gasteiger partial charge in [-0.05, 0) is 61.4 Å². The summed E-state index contributed by atoms with van der Waals surface area (Å²) in [6.45, 7) is 1.98. The molecule has 2 N–H and O–H groups in total. The molecule has 1 heterocycles. The smallest absolute Gasteiger partial charge is 0.255 e. The van der Waals surface area contributed by atoms with Crippen LogP contribution < -0.4 is 10.6 Å². The molecule has 5 nitrogen and oxygen atoms in total. The normalized spacial score (nSPS) is 10.4. The van der Waals surface area contributed by atoms with Crippen LogP contribution in [0.1, 0.15) is 33.2 Å². The number of pyridine rings is 1. The van der Waals surface area contributed by atoms with E-state index in [0.29, 0.717) is 41.2 Å². The monoisotopic (exact) mass is 377 g/mol. The van der Waals surface area contributed by atoms with Crippen molar-refractivity contribution >= 4 is 23.2 Å². The first-order valence-corrected chi connectivity index (χ1v) is 8.88. The first kappa shape index (κ1) is 19.2. The highest BCUT2D eigenvalue weighted by atomic mass is 19.1. The number of carbonyl (C=O) groups excluding carboxylic acids is 2. The minimum Gasteiger partial charge on any atom is -0.370 e. The molecule has 1 aromatic heterocycles. The van der Waals surface area contributed by atoms with Gasteiger partial charge in [0.15, 0.2) is 5.78 Å². The SMILES string of the molecule is CC(=O)c1ccc(NC(=O)c2ccnc(NCCc3ccccc3F)c2)cc1. The summed E-state index contributed by atoms with van der Waals surface area (Å²) in [6.07, 6.45) is 2.05. The zero-order valence-corrected chi connectivity index (χ0v) is 15.4. The molecule has 0 atom stereocenters. The molecule has 0 bridgehead atoms. The maximum Gasteiger partial charge on any atom is 0.255 e. The summed E-state index contributed by atoms with van der Waals surface area (Å²) in [4.78, 5) is 27.9. The van der Waals surface area contributed by atoms with Gasteiger partial charge in [0.25, 0.3) is 5.91 Å². The van der Waals surface area contributed by atoms with Gasteiger partial charge < -0.3 is 10.6 Å². The van der Waals surface area contributed by atoms with E-state index in [9.17, 15) is 14.0 Å². The Balaban J connectivity index is 1.59. The minimum absolute atomic E-state index is 0.0295. The molecule has 142 valence electrons. The Morgan fingerprint density at radius 2 is 1.75 bits per heavy atom. The highest BCUT2D eigenvalue weighted by Crippen LogP contribution is 2.14. The van der Waals surface area contributed by atoms with E-state index in [0.717, 1.165) is 0 Å². The number of rotatable bonds is 7. The average molecular weight is 377 g/mol. The van der Waals surface area contributed by atoms with E-state index in [4.69, 9.17) is 0 Å². The zero-order chi connectivity index (χ0) is 19.9. The predicted molar refractivity (Wildman–Crippen MR) is 107 cm³/mol. The summed E-state index contributed by atoms with van der Waals surface area (Å²) in [5.74, 6) is -0.00895. The van der Waals surface area contributed by atoms with Gasteiger partial charge in [-0.25, -0.2) is 9.37 Å². The molecular formula is C22H20FN3O2. The molecular weight excluding hydrogens is 357 g/mol. The summed E-state index contributed by atoms with van der Waals surface area (Å²) < 4.78 is 13.6. The van der Waals surface area contributed by atoms with Crippen molar-refractivity contribution < 1.29 is 14.0 Å². The van der Waals surface area contributed by atoms with Crippen molar-refractivity contribution in [3.8, 4) is 0 Å². The highest BCUT2D eigenvalue weighted by molar-refractivity contribution is 6.05. The van der Waals surface area contributed by atoms with Crippen LogP contribution >= 0.6 is 0 Å². The van der Waals surface area contributed by atoms with Gasteiger partial charge in [-0.15, -0.1) is 0 Å². The average Bonchev–Trinajstić information content (AvgIpc) is 2.70. The molecule has 0 radical (unpaired) electrons. The highest BCUT2D eigenvalue weighted by Gasteiger charge is 2.08. The lowest BCUT2D eigenvalue weighted by molar-refractivity contribution is 0.101. The molecule has 0 saturated heterocycles. The van der Waals surface area contributed by atoms with Crippen LogP contribution in [0.2, 0.25) is 0 Å². The van der Waals surface area contributed by atoms with E-state index in [-0.39, 0.29) is 17.5 Å². The lowest BCUT2D eigenvalue weighted by Crippen LogP contribution is -2.13. The molecule has 0 fully saturated rings. The van der Waals surface area contributed by atoms with Gasteiger partial charge in [0.05, 0.1) is 0 Å². The van der Waals surface area contributed by atoms with E-state index in [1.54, 1.807) is 60.8 Å². The molecule has 6 heteroatoms. The molecule has 28 heavy (non-hydrogen) atoms. The molecule has 0 saturated carbocycles. The van der Waals surface area contributed by atoms with Crippen molar-refractivity contribution in [3.05, 3.63) is 89.4 Å². The van der Waals surface area contributed by atoms with Crippen molar-refractivity contribution in [3.63, 3.8) is 0 Å². The van der Waals surface area contributed by atoms with Crippen molar-refractivity contribution in [2.75, 3.05) is 17.2 Å². The number of nitrogens with one attached hydrogen (secondary N) is 2. The number of benzene rings is 2. The first-order valence-electron chi connectivity index (χ1n) is 8.88. The fourth-order valence-corrected chi connectivity index (χ4v) is 2.69. The summed E-state index contributed by atoms with van der Waals surface area (Å²) in [5.41, 5.74) is 2.25. The summed E-state index contributed by atoms with van der Waals surface area (Å²) in [7, 11) is 0. The van der Waals surface area contributed by atoms with Gasteiger partial charge in [0.2, 0.25) is 0 Å². The molecule has 0 aliphatic carbocycles. The Bertz CT molecular complexity index is 987. The number of amides is 1. The van der Waals surface area contributed by atoms with Gasteiger partial charge in [0, 0.05) is 29.6 Å². The van der Waals surface area contributed by atoms with Gasteiger partial charge in [-0.3, -0.25) is 9.59 Å². The van der Waals surface area contributed by atoms with E-state index < -0.39 is 0 Å². The summed E-state index contributed by atoms with van der Waals surface area (Å²) in [6, 6.07) is 16.6. The first-order chi connectivity index (χ1) is 13.5. The third kappa shape index (κ3) is 5.01. The lowest BCUT2D eigenvalue weighted by Gasteiger charge is -2.09. The number of aromatic nitrogens is 1. The minimum atomic E-state index is -0.282. The van der Waals surface area contributed by atoms with Gasteiger partial charge >= 0.3 is 0 Å². The van der Waals surface area contributed by atoms with Crippen molar-refractivity contribution in [2.24, 2.45) is 0 Å². The van der Waals surface area contributed by atoms with E-state index >= 15 is 0 Å². The third-order valence-corrected chi connectivity index (χ3v) is 4.23. The largest absolute Gasteiger partial charge is 0.370 e. The van der Waals surface area contributed by atoms with Crippen molar-refractivity contribution in [1.29, 1.82) is 0 Å². The van der Waals surface area contributed by atoms with Crippen LogP contribution in [0.25, 0.3) is 0 Å². The van der Waals surface area contributed by atoms with Crippen LogP contribution in [-0.4, -0.2) is 23.2 Å². The molecule has 2 aromatic carbocycles. The van der Waals surface area contributed by atoms with Crippen molar-refractivity contribution in [1.82, 2.24) is 4.98 Å². The number of anilines is 2. The van der Waals surface area contributed by atoms with E-state index in [1.807, 2.05) is 0 Å². The fraction of sp³-hybridized carbons (Fsp3) is 0.136. The quantitative estimate of drug-likeness (QED) is 0.601. The number of hydrogen-bond acceptors (Lipinski definition) is 4. The molecule has 3 aromatic rings. The standard InChI is InChI=1S/C22H20FN3O2/c1-15(27)16-6-8-19(9-7-16)26-22(28)18-11-13-25-21(14-18)24-12-10-17-4-2-3-5-20(17)23/h2-9,11,13-14H,10,12H2,1H3,(H,24,25)(H,26,28). The van der Waals surface area contributed by atoms with Crippen LogP contribution in [0.15, 0.2) is 66.9 Å². The van der Waals surface area contributed by atoms with Crippen LogP contribution in [0.5, 0.6) is 0 Å². The Morgan fingerprint density at radius 3 is 2.46 bits per heavy atom. The molecule has 1 amide bonds. The Hall–Kier alpha value is -3.54. The molecule has 3 rings (SSSR count). The number of carbonyl (C=O) groups is 2. The Kier molecular flexibility index (Phi) is 6.11. The topological polar surface area (TPSA) is 71.1 Å². The number of hydrogen-bond donors (Lipinski definition) is 2. The summed E-state index contributed by atoms with van der Waals surface area (Å²) in [5, 5.41) is 5.89. The van der Waals surface area contributed by atoms with Gasteiger partial charge in [-0.2, -0.15) is 0 Å². The molecule has 0 spiro atoms. The second-order valence-electron chi connectivity index (χ2n) is 6.29. The van der Waals surface area contributed by atoms with Gasteiger partial charge in [0.1, 0.15) is 11.6 Å². The van der Waals surface area contributed by atoms with E-state index in [2.05, 4.69) is 15.6 Å². The maximum absolute atomic E-state index is 13.6. The lowest BCUT2D eigenvalue weighted by atomic mass is 10.1. The van der Waals surface area contributed by atoms with Crippen LogP contribution in [0.4, 0.5) is 15.9 Å². The number of nitrogens with zero attached hydrogens (tertiary/aromatic N) is 1. The van der Waals surface area contributed by atoms with Crippen LogP contribution in [0, 0.1) is 5.82 Å². The molecule has 0 aliphatic rings. The zero-order valence-electron chi connectivity index (χ0n) is 15.4. The fourth-order valence-electron chi connectivity index (χ4n) is 2.69. The Labute approximate surface area is 162 Å². The van der Waals surface area contributed by atoms with Crippen LogP contribution in [-0.2, 0) is 6.42 Å². The molecule has 0 aliphatic heterocycles. The maximum atomic E-state index is 13.6. The third-order valence-electron chi connectivity index (χ3n) is 4.23. The molecule has 0 unspecified atom stereocenters. The van der Waals surface area contributed by atoms with Crippen LogP contribution in [0.3, 0.4) is 0 Å². The second-order valence-corrected chi connectivity index (χ2v) is 6.29. The van der Waals surface area contributed by atoms with Gasteiger partial charge in [-0.1, -0.05) is 18.2 Å². The number of Topliss-reactive ketones (excluding diaryl/α,β-unsaturated/α-hetero) is 1. The van der Waals surface area contributed by atoms with E-state index in [1.165, 1.54) is 13.0 Å². The predicted octanol–water partition coefficient (Wildman–Crippen LogP) is 4.33.